The molecule has 0 aromatic heterocycles. The van der Waals surface area contributed by atoms with Crippen LogP contribution in [0.1, 0.15) is 26.3 Å². The van der Waals surface area contributed by atoms with Crippen molar-refractivity contribution in [1.29, 1.82) is 0 Å². The normalized spacial score (nSPS) is 10.5. The van der Waals surface area contributed by atoms with Gasteiger partial charge in [-0.15, -0.1) is 0 Å². The number of ether oxygens (including phenoxy) is 4. The van der Waals surface area contributed by atoms with Gasteiger partial charge in [0.15, 0.2) is 11.5 Å². The van der Waals surface area contributed by atoms with Crippen LogP contribution < -0.4 is 24.4 Å². The molecular weight excluding hydrogens is 412 g/mol. The average Bonchev–Trinajstić information content (AvgIpc) is 2.83. The van der Waals surface area contributed by atoms with Crippen molar-refractivity contribution in [2.24, 2.45) is 5.10 Å². The Balaban J connectivity index is 1.70. The van der Waals surface area contributed by atoms with Crippen molar-refractivity contribution in [2.45, 2.75) is 0 Å². The predicted molar refractivity (Wildman–Crippen MR) is 119 cm³/mol. The van der Waals surface area contributed by atoms with Gasteiger partial charge in [-0.25, -0.2) is 10.2 Å². The number of carbonyl (C=O) groups excluding carboxylic acids is 2. The molecule has 3 aromatic rings. The highest BCUT2D eigenvalue weighted by Crippen LogP contribution is 2.38. The molecular formula is C24H22N2O6. The summed E-state index contributed by atoms with van der Waals surface area (Å²) in [6.45, 7) is 0. The molecule has 1 N–H and O–H groups in total. The number of esters is 1. The van der Waals surface area contributed by atoms with E-state index < -0.39 is 5.97 Å². The lowest BCUT2D eigenvalue weighted by atomic mass is 10.1. The number of hydrazone groups is 1. The quantitative estimate of drug-likeness (QED) is 0.251. The number of nitrogens with one attached hydrogen (secondary N) is 1. The molecule has 0 aliphatic carbocycles. The molecule has 0 fully saturated rings. The molecule has 0 radical (unpaired) electrons. The van der Waals surface area contributed by atoms with Crippen LogP contribution in [-0.4, -0.2) is 39.4 Å². The molecule has 0 aliphatic heterocycles. The van der Waals surface area contributed by atoms with E-state index in [-0.39, 0.29) is 11.5 Å². The molecule has 0 saturated heterocycles. The van der Waals surface area contributed by atoms with Crippen LogP contribution >= 0.6 is 0 Å². The summed E-state index contributed by atoms with van der Waals surface area (Å²) < 4.78 is 21.3. The predicted octanol–water partition coefficient (Wildman–Crippen LogP) is 3.70. The Kier molecular flexibility index (Phi) is 7.42. The SMILES string of the molecule is COc1cc(C(=O)Oc2cccc(C=NNC(=O)c3ccccc3)c2)cc(OC)c1OC. The van der Waals surface area contributed by atoms with Gasteiger partial charge < -0.3 is 18.9 Å². The van der Waals surface area contributed by atoms with Gasteiger partial charge >= 0.3 is 5.97 Å². The lowest BCUT2D eigenvalue weighted by molar-refractivity contribution is 0.0733. The number of nitrogens with zero attached hydrogens (tertiary/aromatic N) is 1. The maximum Gasteiger partial charge on any atom is 0.343 e. The van der Waals surface area contributed by atoms with E-state index in [4.69, 9.17) is 18.9 Å². The smallest absolute Gasteiger partial charge is 0.343 e. The van der Waals surface area contributed by atoms with E-state index in [1.54, 1.807) is 48.5 Å². The van der Waals surface area contributed by atoms with E-state index in [2.05, 4.69) is 10.5 Å². The highest BCUT2D eigenvalue weighted by Gasteiger charge is 2.18. The molecule has 164 valence electrons. The fourth-order valence-corrected chi connectivity index (χ4v) is 2.84. The Bertz CT molecular complexity index is 1100. The van der Waals surface area contributed by atoms with Crippen LogP contribution in [0.3, 0.4) is 0 Å². The number of rotatable bonds is 8. The van der Waals surface area contributed by atoms with E-state index in [0.717, 1.165) is 0 Å². The highest BCUT2D eigenvalue weighted by atomic mass is 16.5. The Hall–Kier alpha value is -4.33. The van der Waals surface area contributed by atoms with Crippen LogP contribution in [0.2, 0.25) is 0 Å². The minimum Gasteiger partial charge on any atom is -0.493 e. The standard InChI is InChI=1S/C24H22N2O6/c1-29-20-13-18(14-21(30-2)22(20)31-3)24(28)32-19-11-7-8-16(12-19)15-25-26-23(27)17-9-5-4-6-10-17/h4-15H,1-3H3,(H,26,27). The molecule has 0 spiro atoms. The third-order valence-corrected chi connectivity index (χ3v) is 4.38. The van der Waals surface area contributed by atoms with Crippen LogP contribution in [-0.2, 0) is 0 Å². The number of amides is 1. The molecule has 0 unspecified atom stereocenters. The maximum atomic E-state index is 12.7. The van der Waals surface area contributed by atoms with Crippen LogP contribution in [0.25, 0.3) is 0 Å². The van der Waals surface area contributed by atoms with Gasteiger partial charge in [0.2, 0.25) is 5.75 Å². The van der Waals surface area contributed by atoms with Crippen molar-refractivity contribution >= 4 is 18.1 Å². The summed E-state index contributed by atoms with van der Waals surface area (Å²) in [5.41, 5.74) is 3.81. The van der Waals surface area contributed by atoms with E-state index >= 15 is 0 Å². The zero-order chi connectivity index (χ0) is 22.9. The van der Waals surface area contributed by atoms with Gasteiger partial charge in [0.25, 0.3) is 5.91 Å². The number of methoxy groups -OCH3 is 3. The second-order valence-corrected chi connectivity index (χ2v) is 6.44. The lowest BCUT2D eigenvalue weighted by Gasteiger charge is -2.13. The molecule has 0 bridgehead atoms. The summed E-state index contributed by atoms with van der Waals surface area (Å²) in [5, 5.41) is 3.95. The topological polar surface area (TPSA) is 95.5 Å². The van der Waals surface area contributed by atoms with Gasteiger partial charge in [-0.05, 0) is 42.0 Å². The summed E-state index contributed by atoms with van der Waals surface area (Å²) in [7, 11) is 4.41. The average molecular weight is 434 g/mol. The Morgan fingerprint density at radius 3 is 2.12 bits per heavy atom. The summed E-state index contributed by atoms with van der Waals surface area (Å²) in [6.07, 6.45) is 1.46. The third-order valence-electron chi connectivity index (χ3n) is 4.38. The first-order chi connectivity index (χ1) is 15.5. The first-order valence-corrected chi connectivity index (χ1v) is 9.56. The molecule has 3 aromatic carbocycles. The van der Waals surface area contributed by atoms with E-state index in [9.17, 15) is 9.59 Å². The van der Waals surface area contributed by atoms with Gasteiger partial charge in [0, 0.05) is 5.56 Å². The van der Waals surface area contributed by atoms with Crippen LogP contribution in [0.4, 0.5) is 0 Å². The van der Waals surface area contributed by atoms with Gasteiger partial charge in [-0.2, -0.15) is 5.10 Å². The Morgan fingerprint density at radius 2 is 1.50 bits per heavy atom. The van der Waals surface area contributed by atoms with E-state index in [1.165, 1.54) is 39.7 Å². The zero-order valence-corrected chi connectivity index (χ0v) is 17.8. The highest BCUT2D eigenvalue weighted by molar-refractivity contribution is 5.95. The van der Waals surface area contributed by atoms with Crippen molar-refractivity contribution in [3.63, 3.8) is 0 Å². The summed E-state index contributed by atoms with van der Waals surface area (Å²) in [4.78, 5) is 24.7. The van der Waals surface area contributed by atoms with Crippen LogP contribution in [0.5, 0.6) is 23.0 Å². The molecule has 3 rings (SSSR count). The van der Waals surface area contributed by atoms with E-state index in [0.29, 0.717) is 34.1 Å². The molecule has 0 saturated carbocycles. The molecule has 0 atom stereocenters. The van der Waals surface area contributed by atoms with Gasteiger partial charge in [0.05, 0.1) is 33.1 Å². The number of hydrogen-bond donors (Lipinski definition) is 1. The zero-order valence-electron chi connectivity index (χ0n) is 17.8. The first kappa shape index (κ1) is 22.4. The molecule has 32 heavy (non-hydrogen) atoms. The van der Waals surface area contributed by atoms with Crippen molar-refractivity contribution < 1.29 is 28.5 Å². The first-order valence-electron chi connectivity index (χ1n) is 9.56. The second kappa shape index (κ2) is 10.6. The van der Waals surface area contributed by atoms with Crippen LogP contribution in [0.15, 0.2) is 71.8 Å². The number of hydrogen-bond acceptors (Lipinski definition) is 7. The van der Waals surface area contributed by atoms with Crippen molar-refractivity contribution in [3.8, 4) is 23.0 Å². The third kappa shape index (κ3) is 5.42. The number of carbonyl (C=O) groups is 2. The van der Waals surface area contributed by atoms with Crippen molar-refractivity contribution in [2.75, 3.05) is 21.3 Å². The minimum atomic E-state index is -0.601. The van der Waals surface area contributed by atoms with E-state index in [1.807, 2.05) is 6.07 Å². The molecule has 0 aliphatic rings. The Morgan fingerprint density at radius 1 is 0.812 bits per heavy atom. The fourth-order valence-electron chi connectivity index (χ4n) is 2.84. The van der Waals surface area contributed by atoms with Crippen molar-refractivity contribution in [3.05, 3.63) is 83.4 Å². The fraction of sp³-hybridized carbons (Fsp3) is 0.125. The maximum absolute atomic E-state index is 12.7. The van der Waals surface area contributed by atoms with Crippen molar-refractivity contribution in [1.82, 2.24) is 5.43 Å². The lowest BCUT2D eigenvalue weighted by Crippen LogP contribution is -2.17. The van der Waals surface area contributed by atoms with Gasteiger partial charge in [-0.1, -0.05) is 30.3 Å². The molecule has 1 amide bonds. The molecule has 8 heteroatoms. The minimum absolute atomic E-state index is 0.230. The molecule has 0 heterocycles. The number of benzene rings is 3. The Labute approximate surface area is 185 Å². The van der Waals surface area contributed by atoms with Gasteiger partial charge in [-0.3, -0.25) is 4.79 Å². The van der Waals surface area contributed by atoms with Crippen LogP contribution in [0, 0.1) is 0 Å². The summed E-state index contributed by atoms with van der Waals surface area (Å²) in [5.74, 6) is 0.439. The monoisotopic (exact) mass is 434 g/mol. The summed E-state index contributed by atoms with van der Waals surface area (Å²) in [6, 6.07) is 18.5. The van der Waals surface area contributed by atoms with Gasteiger partial charge in [0.1, 0.15) is 5.75 Å². The molecule has 8 nitrogen and oxygen atoms in total. The summed E-state index contributed by atoms with van der Waals surface area (Å²) >= 11 is 0. The second-order valence-electron chi connectivity index (χ2n) is 6.44. The largest absolute Gasteiger partial charge is 0.493 e.